The molecule has 5 nitrogen and oxygen atoms in total. The maximum absolute atomic E-state index is 13.8. The summed E-state index contributed by atoms with van der Waals surface area (Å²) in [5.74, 6) is 1.14. The van der Waals surface area contributed by atoms with Gasteiger partial charge in [0.2, 0.25) is 5.89 Å². The van der Waals surface area contributed by atoms with Gasteiger partial charge in [-0.1, -0.05) is 23.2 Å². The topological polar surface area (TPSA) is 72.6 Å². The molecule has 7 rings (SSSR count). The molecular weight excluding hydrogens is 468 g/mol. The average molecular weight is 488 g/mol. The number of rotatable bonds is 5. The third-order valence-electron chi connectivity index (χ3n) is 7.28. The molecule has 8 heteroatoms. The molecule has 3 saturated carbocycles. The molecule has 2 atom stereocenters. The maximum Gasteiger partial charge on any atom is 0.226 e. The number of aliphatic hydroxyl groups excluding tert-OH is 1. The smallest absolute Gasteiger partial charge is 0.226 e. The molecule has 2 aromatic carbocycles. The molecule has 1 N–H and O–H groups in total. The summed E-state index contributed by atoms with van der Waals surface area (Å²) in [4.78, 5) is 17.3. The predicted molar refractivity (Wildman–Crippen MR) is 120 cm³/mol. The van der Waals surface area contributed by atoms with E-state index < -0.39 is 18.0 Å². The minimum absolute atomic E-state index is 0.0119. The van der Waals surface area contributed by atoms with Crippen molar-refractivity contribution in [3.8, 4) is 17.2 Å². The van der Waals surface area contributed by atoms with E-state index in [0.717, 1.165) is 25.0 Å². The predicted octanol–water partition coefficient (Wildman–Crippen LogP) is 6.05. The molecule has 4 aliphatic rings. The van der Waals surface area contributed by atoms with Crippen molar-refractivity contribution < 1.29 is 23.4 Å². The van der Waals surface area contributed by atoms with Gasteiger partial charge in [0.25, 0.3) is 0 Å². The van der Waals surface area contributed by atoms with Crippen molar-refractivity contribution in [3.05, 3.63) is 69.8 Å². The number of nitrogens with zero attached hydrogens (tertiary/aromatic N) is 1. The summed E-state index contributed by atoms with van der Waals surface area (Å²) in [5.41, 5.74) is 1.00. The number of fused-ring (bicyclic) bond motifs is 1. The second-order valence-corrected chi connectivity index (χ2v) is 10.5. The maximum atomic E-state index is 13.8. The molecular formula is C25H20Cl2FNO4. The van der Waals surface area contributed by atoms with Crippen LogP contribution in [-0.4, -0.2) is 22.0 Å². The Kier molecular flexibility index (Phi) is 4.67. The molecule has 1 aliphatic heterocycles. The molecule has 0 saturated heterocycles. The van der Waals surface area contributed by atoms with Crippen LogP contribution in [0.15, 0.2) is 47.0 Å². The second-order valence-electron chi connectivity index (χ2n) is 9.65. The lowest BCUT2D eigenvalue weighted by Gasteiger charge is -2.69. The molecule has 3 aromatic rings. The molecule has 2 bridgehead atoms. The van der Waals surface area contributed by atoms with E-state index in [4.69, 9.17) is 32.4 Å². The number of carbonyl (C=O) groups is 1. The third kappa shape index (κ3) is 3.38. The zero-order chi connectivity index (χ0) is 23.0. The fraction of sp³-hybridized carbons (Fsp3) is 0.360. The number of ether oxygens (including phenoxy) is 1. The fourth-order valence-electron chi connectivity index (χ4n) is 5.83. The Morgan fingerprint density at radius 1 is 1.18 bits per heavy atom. The fourth-order valence-corrected chi connectivity index (χ4v) is 6.13. The lowest BCUT2D eigenvalue weighted by atomic mass is 9.33. The van der Waals surface area contributed by atoms with E-state index in [1.807, 2.05) is 0 Å². The molecule has 0 radical (unpaired) electrons. The summed E-state index contributed by atoms with van der Waals surface area (Å²) in [6.45, 7) is 0. The van der Waals surface area contributed by atoms with E-state index >= 15 is 0 Å². The highest BCUT2D eigenvalue weighted by Gasteiger charge is 2.70. The zero-order valence-corrected chi connectivity index (χ0v) is 19.0. The summed E-state index contributed by atoms with van der Waals surface area (Å²) >= 11 is 11.8. The Labute approximate surface area is 199 Å². The van der Waals surface area contributed by atoms with Crippen molar-refractivity contribution in [2.75, 3.05) is 0 Å². The van der Waals surface area contributed by atoms with Crippen LogP contribution in [0.25, 0.3) is 11.5 Å². The number of ketones is 1. The second kappa shape index (κ2) is 7.29. The minimum atomic E-state index is -0.772. The van der Waals surface area contributed by atoms with Crippen molar-refractivity contribution in [1.82, 2.24) is 4.98 Å². The summed E-state index contributed by atoms with van der Waals surface area (Å²) < 4.78 is 25.6. The van der Waals surface area contributed by atoms with Crippen molar-refractivity contribution in [2.45, 2.75) is 49.7 Å². The van der Waals surface area contributed by atoms with Crippen LogP contribution in [0.5, 0.6) is 5.75 Å². The van der Waals surface area contributed by atoms with Gasteiger partial charge in [0, 0.05) is 34.4 Å². The van der Waals surface area contributed by atoms with Crippen LogP contribution in [0, 0.1) is 11.2 Å². The number of aromatic nitrogens is 1. The largest absolute Gasteiger partial charge is 0.482 e. The minimum Gasteiger partial charge on any atom is -0.482 e. The van der Waals surface area contributed by atoms with Crippen LogP contribution in [0.3, 0.4) is 0 Å². The first-order chi connectivity index (χ1) is 15.8. The first kappa shape index (κ1) is 21.1. The number of aliphatic hydroxyl groups is 1. The molecule has 170 valence electrons. The van der Waals surface area contributed by atoms with E-state index in [0.29, 0.717) is 34.2 Å². The lowest BCUT2D eigenvalue weighted by Crippen LogP contribution is -2.65. The molecule has 1 aromatic heterocycles. The summed E-state index contributed by atoms with van der Waals surface area (Å²) in [5, 5.41) is 11.0. The van der Waals surface area contributed by atoms with Gasteiger partial charge < -0.3 is 14.3 Å². The SMILES string of the molecule is O=C(CC12CC(c3cnc(-c4ccc(Cl)c(F)c4)o3)(C1)C2)[C@H]1C[C@@H](O)c2cc(Cl)ccc2O1. The van der Waals surface area contributed by atoms with Crippen molar-refractivity contribution in [2.24, 2.45) is 5.41 Å². The van der Waals surface area contributed by atoms with E-state index in [2.05, 4.69) is 4.98 Å². The van der Waals surface area contributed by atoms with Crippen LogP contribution in [0.2, 0.25) is 10.0 Å². The van der Waals surface area contributed by atoms with Crippen molar-refractivity contribution in [3.63, 3.8) is 0 Å². The Balaban J connectivity index is 1.11. The Morgan fingerprint density at radius 2 is 1.97 bits per heavy atom. The molecule has 3 aliphatic carbocycles. The number of hydrogen-bond acceptors (Lipinski definition) is 5. The number of halogens is 3. The zero-order valence-electron chi connectivity index (χ0n) is 17.5. The Hall–Kier alpha value is -2.41. The first-order valence-electron chi connectivity index (χ1n) is 10.8. The van der Waals surface area contributed by atoms with Crippen LogP contribution in [0.4, 0.5) is 4.39 Å². The number of carbonyl (C=O) groups excluding carboxylic acids is 1. The van der Waals surface area contributed by atoms with E-state index in [1.54, 1.807) is 30.5 Å². The number of Topliss-reactive ketones (excluding diaryl/α,β-unsaturated/α-hetero) is 1. The number of benzene rings is 2. The van der Waals surface area contributed by atoms with Crippen LogP contribution in [0.1, 0.15) is 49.5 Å². The van der Waals surface area contributed by atoms with Gasteiger partial charge in [-0.15, -0.1) is 0 Å². The van der Waals surface area contributed by atoms with Crippen molar-refractivity contribution >= 4 is 29.0 Å². The normalized spacial score (nSPS) is 29.5. The van der Waals surface area contributed by atoms with Crippen LogP contribution < -0.4 is 4.74 Å². The quantitative estimate of drug-likeness (QED) is 0.473. The summed E-state index contributed by atoms with van der Waals surface area (Å²) in [6, 6.07) is 9.53. The number of oxazole rings is 1. The van der Waals surface area contributed by atoms with E-state index in [1.165, 1.54) is 12.1 Å². The number of hydrogen-bond donors (Lipinski definition) is 1. The molecule has 3 fully saturated rings. The average Bonchev–Trinajstić information content (AvgIpc) is 3.21. The van der Waals surface area contributed by atoms with Crippen LogP contribution in [-0.2, 0) is 10.2 Å². The summed E-state index contributed by atoms with van der Waals surface area (Å²) in [6.07, 6.45) is 3.45. The highest BCUT2D eigenvalue weighted by molar-refractivity contribution is 6.31. The highest BCUT2D eigenvalue weighted by atomic mass is 35.5. The van der Waals surface area contributed by atoms with Crippen LogP contribution >= 0.6 is 23.2 Å². The molecule has 0 spiro atoms. The summed E-state index contributed by atoms with van der Waals surface area (Å²) in [7, 11) is 0. The van der Waals surface area contributed by atoms with Gasteiger partial charge in [-0.25, -0.2) is 9.37 Å². The molecule has 0 unspecified atom stereocenters. The standard InChI is InChI=1S/C25H20Cl2FNO4/c26-14-2-4-20-15(6-14)18(30)7-21(32-20)19(31)8-24-10-25(11-24,12-24)22-9-29-23(33-22)13-1-3-16(27)17(28)5-13/h1-6,9,18,21,30H,7-8,10-12H2/t18-,21-,24?,25?/m1/s1. The first-order valence-corrected chi connectivity index (χ1v) is 11.6. The van der Waals surface area contributed by atoms with Gasteiger partial charge in [-0.2, -0.15) is 0 Å². The van der Waals surface area contributed by atoms with Crippen molar-refractivity contribution in [1.29, 1.82) is 0 Å². The van der Waals surface area contributed by atoms with Gasteiger partial charge in [-0.05, 0) is 61.1 Å². The molecule has 33 heavy (non-hydrogen) atoms. The third-order valence-corrected chi connectivity index (χ3v) is 7.82. The van der Waals surface area contributed by atoms with E-state index in [-0.39, 0.29) is 28.1 Å². The highest BCUT2D eigenvalue weighted by Crippen LogP contribution is 2.75. The Bertz CT molecular complexity index is 1270. The molecule has 0 amide bonds. The lowest BCUT2D eigenvalue weighted by molar-refractivity contribution is -0.169. The van der Waals surface area contributed by atoms with Gasteiger partial charge in [0.05, 0.1) is 17.3 Å². The van der Waals surface area contributed by atoms with Gasteiger partial charge in [-0.3, -0.25) is 4.79 Å². The molecule has 2 heterocycles. The van der Waals surface area contributed by atoms with Gasteiger partial charge >= 0.3 is 0 Å². The van der Waals surface area contributed by atoms with Gasteiger partial charge in [0.15, 0.2) is 11.9 Å². The monoisotopic (exact) mass is 487 g/mol. The van der Waals surface area contributed by atoms with Gasteiger partial charge in [0.1, 0.15) is 17.3 Å². The Morgan fingerprint density at radius 3 is 2.73 bits per heavy atom. The van der Waals surface area contributed by atoms with E-state index in [9.17, 15) is 14.3 Å².